The van der Waals surface area contributed by atoms with E-state index in [1.165, 1.54) is 10.9 Å². The summed E-state index contributed by atoms with van der Waals surface area (Å²) in [6, 6.07) is 9.60. The van der Waals surface area contributed by atoms with Crippen molar-refractivity contribution >= 4 is 22.9 Å². The van der Waals surface area contributed by atoms with Crippen LogP contribution in [0.5, 0.6) is 0 Å². The van der Waals surface area contributed by atoms with Gasteiger partial charge in [0.15, 0.2) is 0 Å². The third-order valence-electron chi connectivity index (χ3n) is 3.46. The van der Waals surface area contributed by atoms with Crippen LogP contribution in [-0.2, 0) is 12.8 Å². The molecule has 2 rings (SSSR count). The molecule has 108 valence electrons. The van der Waals surface area contributed by atoms with E-state index in [9.17, 15) is 4.39 Å². The first-order chi connectivity index (χ1) is 9.70. The van der Waals surface area contributed by atoms with Gasteiger partial charge in [-0.1, -0.05) is 29.8 Å². The first-order valence-electron chi connectivity index (χ1n) is 6.83. The molecule has 0 fully saturated rings. The highest BCUT2D eigenvalue weighted by Crippen LogP contribution is 2.22. The van der Waals surface area contributed by atoms with Crippen LogP contribution in [0.2, 0.25) is 5.02 Å². The zero-order valence-corrected chi connectivity index (χ0v) is 13.1. The maximum Gasteiger partial charge on any atom is 0.142 e. The average Bonchev–Trinajstić information content (AvgIpc) is 2.95. The van der Waals surface area contributed by atoms with E-state index in [-0.39, 0.29) is 10.8 Å². The Morgan fingerprint density at radius 2 is 2.15 bits per heavy atom. The van der Waals surface area contributed by atoms with Gasteiger partial charge >= 0.3 is 0 Å². The molecule has 0 bridgehead atoms. The van der Waals surface area contributed by atoms with Gasteiger partial charge in [0.1, 0.15) is 5.82 Å². The van der Waals surface area contributed by atoms with Gasteiger partial charge in [-0.25, -0.2) is 4.39 Å². The van der Waals surface area contributed by atoms with Gasteiger partial charge in [-0.2, -0.15) is 0 Å². The summed E-state index contributed by atoms with van der Waals surface area (Å²) in [5, 5.41) is 5.66. The van der Waals surface area contributed by atoms with Crippen LogP contribution in [-0.4, -0.2) is 13.1 Å². The maximum absolute atomic E-state index is 13.4. The van der Waals surface area contributed by atoms with Crippen LogP contribution in [0.1, 0.15) is 23.3 Å². The van der Waals surface area contributed by atoms with Gasteiger partial charge in [-0.05, 0) is 55.8 Å². The highest BCUT2D eigenvalue weighted by atomic mass is 35.5. The van der Waals surface area contributed by atoms with Crippen LogP contribution in [0.25, 0.3) is 0 Å². The molecule has 1 aromatic heterocycles. The van der Waals surface area contributed by atoms with Gasteiger partial charge in [0, 0.05) is 10.9 Å². The van der Waals surface area contributed by atoms with Crippen molar-refractivity contribution in [3.63, 3.8) is 0 Å². The molecule has 0 spiro atoms. The molecule has 1 nitrogen and oxygen atoms in total. The molecule has 0 aliphatic carbocycles. The quantitative estimate of drug-likeness (QED) is 0.782. The average molecular weight is 312 g/mol. The van der Waals surface area contributed by atoms with Crippen molar-refractivity contribution < 1.29 is 4.39 Å². The molecule has 0 aliphatic rings. The van der Waals surface area contributed by atoms with E-state index in [0.717, 1.165) is 31.2 Å². The fourth-order valence-corrected chi connectivity index (χ4v) is 3.25. The Hall–Kier alpha value is -0.900. The molecule has 1 N–H and O–H groups in total. The Balaban J connectivity index is 1.87. The Labute approximate surface area is 128 Å². The second-order valence-electron chi connectivity index (χ2n) is 4.87. The monoisotopic (exact) mass is 311 g/mol. The topological polar surface area (TPSA) is 12.0 Å². The Bertz CT molecular complexity index is 527. The number of rotatable bonds is 7. The second kappa shape index (κ2) is 7.77. The number of halogens is 2. The van der Waals surface area contributed by atoms with E-state index in [4.69, 9.17) is 11.6 Å². The number of benzene rings is 1. The van der Waals surface area contributed by atoms with Crippen LogP contribution >= 0.6 is 22.9 Å². The van der Waals surface area contributed by atoms with Crippen LogP contribution < -0.4 is 5.32 Å². The highest BCUT2D eigenvalue weighted by Gasteiger charge is 2.12. The number of aryl methyl sites for hydroxylation is 1. The van der Waals surface area contributed by atoms with Gasteiger partial charge in [-0.3, -0.25) is 0 Å². The fraction of sp³-hybridized carbons (Fsp3) is 0.375. The molecule has 20 heavy (non-hydrogen) atoms. The normalized spacial score (nSPS) is 12.6. The molecule has 0 saturated heterocycles. The summed E-state index contributed by atoms with van der Waals surface area (Å²) in [5.41, 5.74) is 0.877. The Morgan fingerprint density at radius 3 is 2.85 bits per heavy atom. The summed E-state index contributed by atoms with van der Waals surface area (Å²) in [7, 11) is 1.95. The van der Waals surface area contributed by atoms with E-state index >= 15 is 0 Å². The molecular weight excluding hydrogens is 293 g/mol. The van der Waals surface area contributed by atoms with E-state index in [2.05, 4.69) is 22.8 Å². The van der Waals surface area contributed by atoms with E-state index in [0.29, 0.717) is 6.04 Å². The molecule has 0 amide bonds. The van der Waals surface area contributed by atoms with Crippen LogP contribution in [0.3, 0.4) is 0 Å². The first-order valence-corrected chi connectivity index (χ1v) is 8.09. The minimum atomic E-state index is -0.336. The first kappa shape index (κ1) is 15.5. The summed E-state index contributed by atoms with van der Waals surface area (Å²) in [6.07, 6.45) is 4.05. The highest BCUT2D eigenvalue weighted by molar-refractivity contribution is 7.09. The second-order valence-corrected chi connectivity index (χ2v) is 6.28. The van der Waals surface area contributed by atoms with Crippen molar-refractivity contribution in [1.29, 1.82) is 0 Å². The summed E-state index contributed by atoms with van der Waals surface area (Å²) in [4.78, 5) is 1.42. The van der Waals surface area contributed by atoms with E-state index < -0.39 is 0 Å². The molecule has 1 atom stereocenters. The zero-order chi connectivity index (χ0) is 14.4. The van der Waals surface area contributed by atoms with Crippen LogP contribution in [0, 0.1) is 5.82 Å². The molecule has 4 heteroatoms. The van der Waals surface area contributed by atoms with Crippen molar-refractivity contribution in [2.45, 2.75) is 31.7 Å². The van der Waals surface area contributed by atoms with E-state index in [1.54, 1.807) is 17.4 Å². The summed E-state index contributed by atoms with van der Waals surface area (Å²) in [5.74, 6) is -0.336. The molecular formula is C16H19ClFNS. The van der Waals surface area contributed by atoms with Gasteiger partial charge < -0.3 is 5.32 Å². The lowest BCUT2D eigenvalue weighted by Gasteiger charge is -2.17. The lowest BCUT2D eigenvalue weighted by Crippen LogP contribution is -2.27. The number of thiophene rings is 1. The summed E-state index contributed by atoms with van der Waals surface area (Å²) >= 11 is 7.81. The number of nitrogens with one attached hydrogen (secondary N) is 1. The Morgan fingerprint density at radius 1 is 1.30 bits per heavy atom. The lowest BCUT2D eigenvalue weighted by molar-refractivity contribution is 0.501. The summed E-state index contributed by atoms with van der Waals surface area (Å²) < 4.78 is 13.4. The van der Waals surface area contributed by atoms with Gasteiger partial charge in [0.25, 0.3) is 0 Å². The molecule has 0 saturated carbocycles. The predicted octanol–water partition coefficient (Wildman–Crippen LogP) is 4.69. The fourth-order valence-electron chi connectivity index (χ4n) is 2.30. The minimum absolute atomic E-state index is 0.256. The molecule has 0 aliphatic heterocycles. The number of hydrogen-bond acceptors (Lipinski definition) is 2. The van der Waals surface area contributed by atoms with E-state index in [1.807, 2.05) is 13.1 Å². The third kappa shape index (κ3) is 4.30. The number of likely N-dealkylation sites (N-methyl/N-ethyl adjacent to an activating group) is 1. The minimum Gasteiger partial charge on any atom is -0.317 e. The summed E-state index contributed by atoms with van der Waals surface area (Å²) in [6.45, 7) is 0. The molecule has 2 aromatic rings. The van der Waals surface area contributed by atoms with Gasteiger partial charge in [0.05, 0.1) is 5.02 Å². The molecule has 1 aromatic carbocycles. The van der Waals surface area contributed by atoms with Crippen molar-refractivity contribution in [3.8, 4) is 0 Å². The van der Waals surface area contributed by atoms with Crippen molar-refractivity contribution in [1.82, 2.24) is 5.32 Å². The molecule has 0 radical (unpaired) electrons. The maximum atomic E-state index is 13.4. The zero-order valence-electron chi connectivity index (χ0n) is 11.5. The number of hydrogen-bond donors (Lipinski definition) is 1. The smallest absolute Gasteiger partial charge is 0.142 e. The lowest BCUT2D eigenvalue weighted by atomic mass is 10.0. The van der Waals surface area contributed by atoms with Crippen molar-refractivity contribution in [2.75, 3.05) is 7.05 Å². The third-order valence-corrected chi connectivity index (χ3v) is 4.82. The predicted molar refractivity (Wildman–Crippen MR) is 85.2 cm³/mol. The Kier molecular flexibility index (Phi) is 6.02. The van der Waals surface area contributed by atoms with Crippen LogP contribution in [0.4, 0.5) is 4.39 Å². The molecule has 1 unspecified atom stereocenters. The largest absolute Gasteiger partial charge is 0.317 e. The van der Waals surface area contributed by atoms with Crippen molar-refractivity contribution in [2.24, 2.45) is 0 Å². The van der Waals surface area contributed by atoms with Crippen molar-refractivity contribution in [3.05, 3.63) is 57.0 Å². The van der Waals surface area contributed by atoms with Gasteiger partial charge in [-0.15, -0.1) is 11.3 Å². The molecule has 1 heterocycles. The standard InChI is InChI=1S/C16H19ClFNS/c1-19-13(6-3-7-14-8-4-10-20-14)11-12-5-2-9-15(18)16(12)17/h2,4-5,8-10,13,19H,3,6-7,11H2,1H3. The van der Waals surface area contributed by atoms with Gasteiger partial charge in [0.2, 0.25) is 0 Å². The SMILES string of the molecule is CNC(CCCc1cccs1)Cc1cccc(F)c1Cl. The van der Waals surface area contributed by atoms with Crippen LogP contribution in [0.15, 0.2) is 35.7 Å².